The summed E-state index contributed by atoms with van der Waals surface area (Å²) >= 11 is 0. The molecule has 2 rings (SSSR count). The maximum atomic E-state index is 13.2. The van der Waals surface area contributed by atoms with Gasteiger partial charge < -0.3 is 65.1 Å². The van der Waals surface area contributed by atoms with Gasteiger partial charge in [-0.15, -0.1) is 0 Å². The molecule has 2 aliphatic rings. The Balaban J connectivity index is 1.43. The summed E-state index contributed by atoms with van der Waals surface area (Å²) < 4.78 is 22.7. The van der Waals surface area contributed by atoms with Gasteiger partial charge in [-0.25, -0.2) is 0 Å². The lowest BCUT2D eigenvalue weighted by Crippen LogP contribution is -2.65. The topological polar surface area (TPSA) is 228 Å². The number of ether oxygens (including phenoxy) is 4. The van der Waals surface area contributed by atoms with Crippen molar-refractivity contribution in [2.45, 2.75) is 402 Å². The van der Waals surface area contributed by atoms with E-state index in [1.165, 1.54) is 238 Å². The Kier molecular flexibility index (Phi) is 50.0. The van der Waals surface area contributed by atoms with Crippen molar-refractivity contribution >= 4 is 5.91 Å². The average Bonchev–Trinajstić information content (AvgIpc) is 3.55. The molecule has 2 heterocycles. The van der Waals surface area contributed by atoms with Crippen molar-refractivity contribution in [1.82, 2.24) is 5.32 Å². The molecule has 2 saturated heterocycles. The van der Waals surface area contributed by atoms with Gasteiger partial charge in [-0.1, -0.05) is 309 Å². The summed E-state index contributed by atoms with van der Waals surface area (Å²) in [6.07, 6.45) is 46.7. The molecule has 0 aromatic carbocycles. The molecule has 9 N–H and O–H groups in total. The lowest BCUT2D eigenvalue weighted by molar-refractivity contribution is -0.359. The second kappa shape index (κ2) is 53.2. The molecule has 0 radical (unpaired) electrons. The summed E-state index contributed by atoms with van der Waals surface area (Å²) in [7, 11) is 0. The van der Waals surface area contributed by atoms with E-state index in [1.807, 2.05) is 0 Å². The van der Waals surface area contributed by atoms with Crippen LogP contribution in [0.15, 0.2) is 0 Å². The predicted octanol–water partition coefficient (Wildman–Crippen LogP) is 13.6. The number of rotatable bonds is 58. The molecule has 12 unspecified atom stereocenters. The molecule has 2 fully saturated rings. The van der Waals surface area contributed by atoms with Crippen LogP contribution in [0, 0.1) is 0 Å². The highest BCUT2D eigenvalue weighted by Gasteiger charge is 2.51. The molecule has 14 nitrogen and oxygen atoms in total. The minimum absolute atomic E-state index is 0.205. The van der Waals surface area contributed by atoms with Gasteiger partial charge in [0.25, 0.3) is 0 Å². The molecule has 482 valence electrons. The van der Waals surface area contributed by atoms with Crippen LogP contribution in [0.2, 0.25) is 0 Å². The minimum atomic E-state index is -1.78. The zero-order valence-corrected chi connectivity index (χ0v) is 52.3. The first-order valence-electron chi connectivity index (χ1n) is 34.8. The summed E-state index contributed by atoms with van der Waals surface area (Å²) in [6, 6.07) is -0.820. The first-order valence-corrected chi connectivity index (χ1v) is 34.8. The normalized spacial score (nSPS) is 24.0. The number of hydrogen-bond donors (Lipinski definition) is 9. The highest BCUT2D eigenvalue weighted by Crippen LogP contribution is 2.30. The summed E-state index contributed by atoms with van der Waals surface area (Å²) in [4.78, 5) is 13.2. The molecule has 0 saturated carbocycles. The Bertz CT molecular complexity index is 1360. The van der Waals surface area contributed by atoms with E-state index in [-0.39, 0.29) is 12.5 Å². The van der Waals surface area contributed by atoms with E-state index >= 15 is 0 Å². The van der Waals surface area contributed by atoms with Crippen LogP contribution < -0.4 is 5.32 Å². The van der Waals surface area contributed by atoms with Gasteiger partial charge in [0, 0.05) is 6.42 Å². The fourth-order valence-electron chi connectivity index (χ4n) is 12.0. The average molecular weight is 1160 g/mol. The molecule has 0 aliphatic carbocycles. The van der Waals surface area contributed by atoms with E-state index in [4.69, 9.17) is 18.9 Å². The highest BCUT2D eigenvalue weighted by molar-refractivity contribution is 5.76. The van der Waals surface area contributed by atoms with Crippen molar-refractivity contribution in [3.8, 4) is 0 Å². The Morgan fingerprint density at radius 3 is 1.05 bits per heavy atom. The monoisotopic (exact) mass is 1160 g/mol. The van der Waals surface area contributed by atoms with E-state index in [2.05, 4.69) is 19.2 Å². The van der Waals surface area contributed by atoms with Gasteiger partial charge in [-0.3, -0.25) is 4.79 Å². The molecule has 1 amide bonds. The third-order valence-electron chi connectivity index (χ3n) is 17.6. The van der Waals surface area contributed by atoms with Crippen LogP contribution in [0.1, 0.15) is 328 Å². The van der Waals surface area contributed by atoms with Crippen molar-refractivity contribution in [2.75, 3.05) is 19.8 Å². The van der Waals surface area contributed by atoms with Crippen molar-refractivity contribution in [1.29, 1.82) is 0 Å². The van der Waals surface area contributed by atoms with E-state index in [0.717, 1.165) is 64.2 Å². The number of carbonyl (C=O) groups is 1. The van der Waals surface area contributed by atoms with Gasteiger partial charge in [-0.2, -0.15) is 0 Å². The Morgan fingerprint density at radius 2 is 0.704 bits per heavy atom. The number of hydrogen-bond acceptors (Lipinski definition) is 13. The first-order chi connectivity index (χ1) is 39.6. The lowest BCUT2D eigenvalue weighted by Gasteiger charge is -2.46. The molecule has 12 atom stereocenters. The third kappa shape index (κ3) is 38.0. The van der Waals surface area contributed by atoms with Crippen molar-refractivity contribution in [2.24, 2.45) is 0 Å². The summed E-state index contributed by atoms with van der Waals surface area (Å²) in [5, 5.41) is 86.8. The molecule has 0 bridgehead atoms. The largest absolute Gasteiger partial charge is 0.394 e. The Labute approximate surface area is 495 Å². The third-order valence-corrected chi connectivity index (χ3v) is 17.6. The molecular weight excluding hydrogens is 1030 g/mol. The van der Waals surface area contributed by atoms with Gasteiger partial charge >= 0.3 is 0 Å². The number of amides is 1. The first kappa shape index (κ1) is 76.1. The fourth-order valence-corrected chi connectivity index (χ4v) is 12.0. The maximum absolute atomic E-state index is 13.2. The molecule has 2 aliphatic heterocycles. The standard InChI is InChI=1S/C67H131NO13/c1-3-5-7-9-11-12-13-14-15-16-17-18-19-20-21-22-23-24-25-26-27-28-29-30-31-32-33-34-35-36-37-38-39-40-41-42-43-44-45-47-49-51-59(72)68-55(56(71)50-48-46-10-8-6-4-2)54-78-66-64(77)62(75)65(58(53-70)80-66)81-67-63(76)61(74)60(73)57(52-69)79-67/h55-58,60-67,69-71,73-77H,3-54H2,1-2H3,(H,68,72). The smallest absolute Gasteiger partial charge is 0.220 e. The Hall–Kier alpha value is -1.01. The van der Waals surface area contributed by atoms with E-state index < -0.39 is 86.8 Å². The molecule has 0 spiro atoms. The number of aliphatic hydroxyl groups excluding tert-OH is 8. The van der Waals surface area contributed by atoms with Gasteiger partial charge in [0.2, 0.25) is 5.91 Å². The second-order valence-corrected chi connectivity index (χ2v) is 25.0. The van der Waals surface area contributed by atoms with Gasteiger partial charge in [0.15, 0.2) is 12.6 Å². The van der Waals surface area contributed by atoms with Crippen LogP contribution in [0.5, 0.6) is 0 Å². The van der Waals surface area contributed by atoms with Crippen LogP contribution in [-0.2, 0) is 23.7 Å². The highest BCUT2D eigenvalue weighted by atomic mass is 16.7. The molecular formula is C67H131NO13. The van der Waals surface area contributed by atoms with Crippen molar-refractivity contribution < 1.29 is 64.6 Å². The van der Waals surface area contributed by atoms with Crippen LogP contribution >= 0.6 is 0 Å². The van der Waals surface area contributed by atoms with Crippen molar-refractivity contribution in [3.63, 3.8) is 0 Å². The van der Waals surface area contributed by atoms with Gasteiger partial charge in [0.05, 0.1) is 32.0 Å². The predicted molar refractivity (Wildman–Crippen MR) is 328 cm³/mol. The van der Waals surface area contributed by atoms with Gasteiger partial charge in [-0.05, 0) is 12.8 Å². The number of nitrogens with one attached hydrogen (secondary N) is 1. The second-order valence-electron chi connectivity index (χ2n) is 25.0. The van der Waals surface area contributed by atoms with Crippen LogP contribution in [-0.4, -0.2) is 140 Å². The number of aliphatic hydroxyl groups is 8. The summed E-state index contributed by atoms with van der Waals surface area (Å²) in [5.74, 6) is -0.205. The van der Waals surface area contributed by atoms with E-state index in [1.54, 1.807) is 0 Å². The molecule has 0 aromatic rings. The zero-order chi connectivity index (χ0) is 58.8. The maximum Gasteiger partial charge on any atom is 0.220 e. The minimum Gasteiger partial charge on any atom is -0.394 e. The van der Waals surface area contributed by atoms with E-state index in [0.29, 0.717) is 12.8 Å². The SMILES string of the molecule is CCCCCCCCCCCCCCCCCCCCCCCCCCCCCCCCCCCCCCCCCCCC(=O)NC(COC1OC(CO)C(OC2OC(CO)C(O)C(O)C2O)C(O)C1O)C(O)CCCCCCCC. The van der Waals surface area contributed by atoms with Crippen LogP contribution in [0.25, 0.3) is 0 Å². The number of carbonyl (C=O) groups excluding carboxylic acids is 1. The van der Waals surface area contributed by atoms with Gasteiger partial charge in [0.1, 0.15) is 48.8 Å². The molecule has 14 heteroatoms. The molecule has 81 heavy (non-hydrogen) atoms. The lowest BCUT2D eigenvalue weighted by atomic mass is 9.97. The van der Waals surface area contributed by atoms with Crippen LogP contribution in [0.4, 0.5) is 0 Å². The fraction of sp³-hybridized carbons (Fsp3) is 0.985. The van der Waals surface area contributed by atoms with E-state index in [9.17, 15) is 45.6 Å². The van der Waals surface area contributed by atoms with Crippen molar-refractivity contribution in [3.05, 3.63) is 0 Å². The number of unbranched alkanes of at least 4 members (excludes halogenated alkanes) is 45. The quantitative estimate of drug-likeness (QED) is 0.0259. The molecule has 0 aromatic heterocycles. The summed E-state index contributed by atoms with van der Waals surface area (Å²) in [6.45, 7) is 2.82. The Morgan fingerprint density at radius 1 is 0.395 bits per heavy atom. The summed E-state index contributed by atoms with van der Waals surface area (Å²) in [5.41, 5.74) is 0. The van der Waals surface area contributed by atoms with Crippen LogP contribution in [0.3, 0.4) is 0 Å². The zero-order valence-electron chi connectivity index (χ0n) is 52.3.